The molecule has 3 heterocycles. The van der Waals surface area contributed by atoms with Crippen LogP contribution in [0, 0.1) is 6.92 Å². The lowest BCUT2D eigenvalue weighted by Gasteiger charge is -2.27. The molecule has 0 spiro atoms. The van der Waals surface area contributed by atoms with Gasteiger partial charge in [0.25, 0.3) is 11.5 Å². The first-order chi connectivity index (χ1) is 11.5. The maximum absolute atomic E-state index is 12.8. The molecule has 0 atom stereocenters. The molecule has 0 bridgehead atoms. The zero-order chi connectivity index (χ0) is 16.8. The van der Waals surface area contributed by atoms with Gasteiger partial charge in [-0.1, -0.05) is 12.1 Å². The summed E-state index contributed by atoms with van der Waals surface area (Å²) in [5.41, 5.74) is 4.08. The van der Waals surface area contributed by atoms with E-state index in [9.17, 15) is 9.59 Å². The second kappa shape index (κ2) is 5.33. The zero-order valence-electron chi connectivity index (χ0n) is 13.7. The first-order valence-corrected chi connectivity index (χ1v) is 7.95. The fourth-order valence-corrected chi connectivity index (χ4v) is 3.22. The molecule has 3 aromatic rings. The van der Waals surface area contributed by atoms with Crippen molar-refractivity contribution in [1.29, 1.82) is 0 Å². The van der Waals surface area contributed by atoms with Crippen LogP contribution in [0.5, 0.6) is 0 Å². The number of hydrogen-bond donors (Lipinski definition) is 1. The lowest BCUT2D eigenvalue weighted by molar-refractivity contribution is 0.0726. The van der Waals surface area contributed by atoms with Gasteiger partial charge in [-0.25, -0.2) is 4.98 Å². The molecule has 1 aromatic carbocycles. The number of hydrogen-bond acceptors (Lipinski definition) is 3. The summed E-state index contributed by atoms with van der Waals surface area (Å²) in [6.07, 6.45) is 2.06. The van der Waals surface area contributed by atoms with Gasteiger partial charge in [-0.3, -0.25) is 9.59 Å². The van der Waals surface area contributed by atoms with Crippen LogP contribution < -0.4 is 5.56 Å². The third-order valence-corrected chi connectivity index (χ3v) is 4.58. The van der Waals surface area contributed by atoms with Gasteiger partial charge in [0.2, 0.25) is 0 Å². The normalized spacial score (nSPS) is 14.0. The highest BCUT2D eigenvalue weighted by molar-refractivity contribution is 5.98. The number of carbonyl (C=O) groups excluding carboxylic acids is 1. The maximum Gasteiger partial charge on any atom is 0.270 e. The Hall–Kier alpha value is -2.89. The molecule has 1 N–H and O–H groups in total. The van der Waals surface area contributed by atoms with Crippen molar-refractivity contribution in [2.75, 3.05) is 6.54 Å². The number of nitrogens with zero attached hydrogens (tertiary/aromatic N) is 3. The first-order valence-electron chi connectivity index (χ1n) is 7.95. The number of amides is 1. The van der Waals surface area contributed by atoms with E-state index >= 15 is 0 Å². The fraction of sp³-hybridized carbons (Fsp3) is 0.278. The van der Waals surface area contributed by atoms with E-state index < -0.39 is 0 Å². The molecule has 0 aliphatic carbocycles. The van der Waals surface area contributed by atoms with Crippen LogP contribution in [-0.4, -0.2) is 31.9 Å². The van der Waals surface area contributed by atoms with E-state index in [1.165, 1.54) is 10.9 Å². The molecule has 122 valence electrons. The van der Waals surface area contributed by atoms with Gasteiger partial charge in [0.15, 0.2) is 0 Å². The van der Waals surface area contributed by atoms with Gasteiger partial charge in [0.1, 0.15) is 5.69 Å². The van der Waals surface area contributed by atoms with Crippen LogP contribution in [0.2, 0.25) is 0 Å². The third-order valence-electron chi connectivity index (χ3n) is 4.58. The third kappa shape index (κ3) is 2.31. The maximum atomic E-state index is 12.8. The smallest absolute Gasteiger partial charge is 0.270 e. The predicted octanol–water partition coefficient (Wildman–Crippen LogP) is 1.77. The minimum absolute atomic E-state index is 0.0202. The Morgan fingerprint density at radius 3 is 2.96 bits per heavy atom. The number of carbonyl (C=O) groups is 1. The molecule has 0 saturated carbocycles. The Labute approximate surface area is 138 Å². The van der Waals surface area contributed by atoms with Crippen molar-refractivity contribution in [3.8, 4) is 0 Å². The number of aryl methyl sites for hydroxylation is 2. The van der Waals surface area contributed by atoms with Crippen molar-refractivity contribution < 1.29 is 4.79 Å². The Morgan fingerprint density at radius 2 is 2.12 bits per heavy atom. The molecular formula is C18H18N4O2. The van der Waals surface area contributed by atoms with E-state index in [1.54, 1.807) is 11.9 Å². The summed E-state index contributed by atoms with van der Waals surface area (Å²) in [5, 5.41) is 1.02. The number of rotatable bonds is 1. The number of H-pyrrole nitrogens is 1. The van der Waals surface area contributed by atoms with E-state index in [-0.39, 0.29) is 11.5 Å². The lowest BCUT2D eigenvalue weighted by Crippen LogP contribution is -2.40. The molecule has 4 rings (SSSR count). The number of aromatic nitrogens is 3. The molecule has 24 heavy (non-hydrogen) atoms. The Kier molecular flexibility index (Phi) is 3.26. The molecule has 1 aliphatic heterocycles. The molecule has 1 amide bonds. The average molecular weight is 322 g/mol. The van der Waals surface area contributed by atoms with Crippen LogP contribution in [0.15, 0.2) is 35.4 Å². The van der Waals surface area contributed by atoms with Gasteiger partial charge in [-0.2, -0.15) is 0 Å². The highest BCUT2D eigenvalue weighted by Crippen LogP contribution is 2.20. The summed E-state index contributed by atoms with van der Waals surface area (Å²) in [4.78, 5) is 34.2. The largest absolute Gasteiger partial charge is 0.351 e. The molecule has 2 aromatic heterocycles. The summed E-state index contributed by atoms with van der Waals surface area (Å²) in [7, 11) is 1.69. The highest BCUT2D eigenvalue weighted by atomic mass is 16.2. The van der Waals surface area contributed by atoms with Gasteiger partial charge in [0.05, 0.1) is 18.6 Å². The van der Waals surface area contributed by atoms with E-state index in [4.69, 9.17) is 0 Å². The average Bonchev–Trinajstić information content (AvgIpc) is 3.00. The molecule has 0 unspecified atom stereocenters. The van der Waals surface area contributed by atoms with Crippen LogP contribution in [0.4, 0.5) is 0 Å². The van der Waals surface area contributed by atoms with Gasteiger partial charge in [0, 0.05) is 30.1 Å². The van der Waals surface area contributed by atoms with Crippen LogP contribution in [0.25, 0.3) is 10.9 Å². The molecular weight excluding hydrogens is 304 g/mol. The number of benzene rings is 1. The van der Waals surface area contributed by atoms with Gasteiger partial charge < -0.3 is 14.5 Å². The standard InChI is InChI=1S/C18H18N4O2/c1-11-3-4-12-8-15(20-14(12)7-11)18(24)22-6-5-13-16(9-22)19-10-21(2)17(13)23/h3-4,7-8,10,20H,5-6,9H2,1-2H3. The Balaban J connectivity index is 1.65. The predicted molar refractivity (Wildman–Crippen MR) is 91.0 cm³/mol. The van der Waals surface area contributed by atoms with E-state index in [0.29, 0.717) is 30.9 Å². The Morgan fingerprint density at radius 1 is 1.29 bits per heavy atom. The van der Waals surface area contributed by atoms with Crippen molar-refractivity contribution in [2.24, 2.45) is 7.05 Å². The van der Waals surface area contributed by atoms with Crippen molar-refractivity contribution >= 4 is 16.8 Å². The monoisotopic (exact) mass is 322 g/mol. The first kappa shape index (κ1) is 14.7. The van der Waals surface area contributed by atoms with Gasteiger partial charge >= 0.3 is 0 Å². The number of aromatic amines is 1. The molecule has 0 radical (unpaired) electrons. The lowest BCUT2D eigenvalue weighted by atomic mass is 10.1. The van der Waals surface area contributed by atoms with Crippen LogP contribution >= 0.6 is 0 Å². The molecule has 0 saturated heterocycles. The summed E-state index contributed by atoms with van der Waals surface area (Å²) in [5.74, 6) is -0.0584. The minimum Gasteiger partial charge on any atom is -0.351 e. The van der Waals surface area contributed by atoms with Gasteiger partial charge in [-0.15, -0.1) is 0 Å². The fourth-order valence-electron chi connectivity index (χ4n) is 3.22. The second-order valence-electron chi connectivity index (χ2n) is 6.34. The van der Waals surface area contributed by atoms with Crippen LogP contribution in [0.1, 0.15) is 27.3 Å². The van der Waals surface area contributed by atoms with E-state index in [1.807, 2.05) is 31.2 Å². The summed E-state index contributed by atoms with van der Waals surface area (Å²) in [6.45, 7) is 2.93. The molecule has 1 aliphatic rings. The van der Waals surface area contributed by atoms with Crippen molar-refractivity contribution in [3.05, 3.63) is 63.5 Å². The van der Waals surface area contributed by atoms with E-state index in [0.717, 1.165) is 22.0 Å². The quantitative estimate of drug-likeness (QED) is 0.742. The molecule has 6 nitrogen and oxygen atoms in total. The van der Waals surface area contributed by atoms with Gasteiger partial charge in [-0.05, 0) is 31.0 Å². The molecule has 6 heteroatoms. The highest BCUT2D eigenvalue weighted by Gasteiger charge is 2.25. The summed E-state index contributed by atoms with van der Waals surface area (Å²) < 4.78 is 1.48. The Bertz CT molecular complexity index is 1020. The summed E-state index contributed by atoms with van der Waals surface area (Å²) >= 11 is 0. The van der Waals surface area contributed by atoms with Crippen LogP contribution in [-0.2, 0) is 20.0 Å². The summed E-state index contributed by atoms with van der Waals surface area (Å²) in [6, 6.07) is 7.95. The number of fused-ring (bicyclic) bond motifs is 2. The van der Waals surface area contributed by atoms with E-state index in [2.05, 4.69) is 9.97 Å². The van der Waals surface area contributed by atoms with Crippen LogP contribution in [0.3, 0.4) is 0 Å². The van der Waals surface area contributed by atoms with Crippen molar-refractivity contribution in [3.63, 3.8) is 0 Å². The minimum atomic E-state index is -0.0584. The number of nitrogens with one attached hydrogen (secondary N) is 1. The zero-order valence-corrected chi connectivity index (χ0v) is 13.7. The van der Waals surface area contributed by atoms with Crippen molar-refractivity contribution in [2.45, 2.75) is 19.9 Å². The van der Waals surface area contributed by atoms with Crippen molar-refractivity contribution in [1.82, 2.24) is 19.4 Å². The second-order valence-corrected chi connectivity index (χ2v) is 6.34. The molecule has 0 fully saturated rings. The topological polar surface area (TPSA) is 71.0 Å². The SMILES string of the molecule is Cc1ccc2cc(C(=O)N3CCc4c(ncn(C)c4=O)C3)[nH]c2c1.